The van der Waals surface area contributed by atoms with Crippen LogP contribution in [0.25, 0.3) is 0 Å². The highest BCUT2D eigenvalue weighted by molar-refractivity contribution is 5.91. The van der Waals surface area contributed by atoms with Crippen LogP contribution in [0.1, 0.15) is 78.9 Å². The van der Waals surface area contributed by atoms with Gasteiger partial charge < -0.3 is 30.8 Å². The predicted molar refractivity (Wildman–Crippen MR) is 189 cm³/mol. The summed E-state index contributed by atoms with van der Waals surface area (Å²) in [6.07, 6.45) is 1.87. The molecule has 0 aromatic heterocycles. The minimum atomic E-state index is -1.32. The Balaban J connectivity index is 1.75. The smallest absolute Gasteiger partial charge is 0.408 e. The largest absolute Gasteiger partial charge is 0.445 e. The molecule has 1 fully saturated rings. The number of rotatable bonds is 16. The molecule has 3 rings (SSSR count). The van der Waals surface area contributed by atoms with E-state index in [1.54, 1.807) is 13.8 Å². The van der Waals surface area contributed by atoms with Crippen molar-refractivity contribution in [2.45, 2.75) is 110 Å². The maximum atomic E-state index is 13.8. The number of likely N-dealkylation sites (tertiary alicyclic amines) is 1. The molecule has 2 unspecified atom stereocenters. The fourth-order valence-electron chi connectivity index (χ4n) is 6.00. The van der Waals surface area contributed by atoms with E-state index in [1.807, 2.05) is 100 Å². The normalized spacial score (nSPS) is 17.4. The van der Waals surface area contributed by atoms with Gasteiger partial charge in [0.1, 0.15) is 30.5 Å². The van der Waals surface area contributed by atoms with Crippen LogP contribution < -0.4 is 21.3 Å². The van der Waals surface area contributed by atoms with E-state index < -0.39 is 41.2 Å². The molecule has 1 heterocycles. The summed E-state index contributed by atoms with van der Waals surface area (Å²) in [5, 5.41) is 11.6. The lowest BCUT2D eigenvalue weighted by atomic mass is 9.87. The van der Waals surface area contributed by atoms with Gasteiger partial charge in [-0.25, -0.2) is 4.79 Å². The topological polar surface area (TPSA) is 146 Å². The van der Waals surface area contributed by atoms with Crippen molar-refractivity contribution in [2.75, 3.05) is 13.1 Å². The van der Waals surface area contributed by atoms with E-state index in [0.717, 1.165) is 23.8 Å². The van der Waals surface area contributed by atoms with E-state index in [2.05, 4.69) is 21.3 Å². The molecule has 0 saturated carbocycles. The van der Waals surface area contributed by atoms with Crippen molar-refractivity contribution < 1.29 is 28.7 Å². The standard InChI is InChI=1S/C38H55N5O6/c1-26(2)31(34(46)41-37(5,6)7)39-33(45)30-19-14-21-43(30)22-20-38(25-44,23-28-15-10-8-11-16-28)42-35(47)32(27(3)4)40-36(48)49-24-29-17-12-9-13-18-29/h8-13,15-18,25-27,30-32H,14,19-24H2,1-7H3,(H,39,45)(H,40,48)(H,41,46)(H,42,47)/t30-,31?,32?,38-/m0/s1. The third-order valence-electron chi connectivity index (χ3n) is 8.65. The Morgan fingerprint density at radius 3 is 1.94 bits per heavy atom. The van der Waals surface area contributed by atoms with Crippen LogP contribution in [0, 0.1) is 11.8 Å². The van der Waals surface area contributed by atoms with Crippen molar-refractivity contribution in [1.29, 1.82) is 0 Å². The second kappa shape index (κ2) is 17.9. The van der Waals surface area contributed by atoms with Gasteiger partial charge in [0, 0.05) is 18.5 Å². The molecule has 0 radical (unpaired) electrons. The number of hydrogen-bond acceptors (Lipinski definition) is 7. The zero-order valence-corrected chi connectivity index (χ0v) is 30.1. The van der Waals surface area contributed by atoms with Crippen LogP contribution in [-0.2, 0) is 36.9 Å². The number of hydrogen-bond donors (Lipinski definition) is 4. The molecular formula is C38H55N5O6. The van der Waals surface area contributed by atoms with Gasteiger partial charge in [-0.3, -0.25) is 19.3 Å². The van der Waals surface area contributed by atoms with Gasteiger partial charge in [-0.2, -0.15) is 0 Å². The summed E-state index contributed by atoms with van der Waals surface area (Å²) in [7, 11) is 0. The maximum Gasteiger partial charge on any atom is 0.408 e. The molecule has 0 aliphatic carbocycles. The van der Waals surface area contributed by atoms with Crippen LogP contribution in [0.5, 0.6) is 0 Å². The zero-order chi connectivity index (χ0) is 36.2. The Morgan fingerprint density at radius 1 is 0.837 bits per heavy atom. The summed E-state index contributed by atoms with van der Waals surface area (Å²) in [6, 6.07) is 16.5. The summed E-state index contributed by atoms with van der Waals surface area (Å²) >= 11 is 0. The van der Waals surface area contributed by atoms with Gasteiger partial charge in [0.05, 0.1) is 6.04 Å². The number of aldehydes is 1. The van der Waals surface area contributed by atoms with Gasteiger partial charge >= 0.3 is 6.09 Å². The summed E-state index contributed by atoms with van der Waals surface area (Å²) in [4.78, 5) is 68.2. The van der Waals surface area contributed by atoms with Crippen LogP contribution in [0.4, 0.5) is 4.79 Å². The molecule has 268 valence electrons. The molecule has 4 atom stereocenters. The lowest BCUT2D eigenvalue weighted by molar-refractivity contribution is -0.133. The van der Waals surface area contributed by atoms with Crippen LogP contribution >= 0.6 is 0 Å². The SMILES string of the molecule is CC(C)C(NC(=O)OCc1ccccc1)C(=O)N[C@@](C=O)(CCN1CCC[C@H]1C(=O)NC(C(=O)NC(C)(C)C)C(C)C)Cc1ccccc1. The maximum absolute atomic E-state index is 13.8. The molecule has 11 nitrogen and oxygen atoms in total. The van der Waals surface area contributed by atoms with Crippen molar-refractivity contribution in [3.05, 3.63) is 71.8 Å². The van der Waals surface area contributed by atoms with E-state index in [0.29, 0.717) is 19.5 Å². The fourth-order valence-corrected chi connectivity index (χ4v) is 6.00. The lowest BCUT2D eigenvalue weighted by Crippen LogP contribution is -2.60. The number of alkyl carbamates (subject to hydrolysis) is 1. The highest BCUT2D eigenvalue weighted by Crippen LogP contribution is 2.23. The third kappa shape index (κ3) is 12.3. The summed E-state index contributed by atoms with van der Waals surface area (Å²) in [5.74, 6) is -1.40. The van der Waals surface area contributed by atoms with Crippen molar-refractivity contribution in [1.82, 2.24) is 26.2 Å². The summed E-state index contributed by atoms with van der Waals surface area (Å²) in [5.41, 5.74) is -0.0976. The second-order valence-electron chi connectivity index (χ2n) is 14.8. The Hall–Kier alpha value is -4.25. The number of nitrogens with one attached hydrogen (secondary N) is 4. The van der Waals surface area contributed by atoms with E-state index in [9.17, 15) is 24.0 Å². The quantitative estimate of drug-likeness (QED) is 0.196. The molecule has 4 N–H and O–H groups in total. The Labute approximate surface area is 291 Å². The number of benzene rings is 2. The van der Waals surface area contributed by atoms with Crippen molar-refractivity contribution in [3.63, 3.8) is 0 Å². The van der Waals surface area contributed by atoms with Gasteiger partial charge in [-0.15, -0.1) is 0 Å². The molecule has 4 amide bonds. The zero-order valence-electron chi connectivity index (χ0n) is 30.1. The first-order valence-electron chi connectivity index (χ1n) is 17.3. The number of ether oxygens (including phenoxy) is 1. The fraction of sp³-hybridized carbons (Fsp3) is 0.553. The minimum absolute atomic E-state index is 0.0507. The van der Waals surface area contributed by atoms with Crippen LogP contribution in [0.2, 0.25) is 0 Å². The molecule has 1 aliphatic rings. The van der Waals surface area contributed by atoms with Crippen molar-refractivity contribution in [3.8, 4) is 0 Å². The first-order valence-corrected chi connectivity index (χ1v) is 17.3. The van der Waals surface area contributed by atoms with Gasteiger partial charge in [0.2, 0.25) is 17.7 Å². The molecule has 1 aliphatic heterocycles. The molecule has 2 aromatic carbocycles. The second-order valence-corrected chi connectivity index (χ2v) is 14.8. The average molecular weight is 678 g/mol. The number of carbonyl (C=O) groups is 5. The highest BCUT2D eigenvalue weighted by Gasteiger charge is 2.39. The van der Waals surface area contributed by atoms with Gasteiger partial charge in [0.25, 0.3) is 0 Å². The highest BCUT2D eigenvalue weighted by atomic mass is 16.5. The van der Waals surface area contributed by atoms with E-state index >= 15 is 0 Å². The van der Waals surface area contributed by atoms with E-state index in [-0.39, 0.29) is 43.1 Å². The minimum Gasteiger partial charge on any atom is -0.445 e. The van der Waals surface area contributed by atoms with Gasteiger partial charge in [0.15, 0.2) is 0 Å². The molecule has 0 spiro atoms. The molecule has 1 saturated heterocycles. The van der Waals surface area contributed by atoms with Gasteiger partial charge in [-0.1, -0.05) is 88.4 Å². The van der Waals surface area contributed by atoms with Crippen molar-refractivity contribution >= 4 is 30.1 Å². The summed E-state index contributed by atoms with van der Waals surface area (Å²) < 4.78 is 5.37. The monoisotopic (exact) mass is 677 g/mol. The molecule has 2 aromatic rings. The first kappa shape index (κ1) is 39.2. The molecule has 49 heavy (non-hydrogen) atoms. The lowest BCUT2D eigenvalue weighted by Gasteiger charge is -2.35. The number of amides is 4. The van der Waals surface area contributed by atoms with Crippen LogP contribution in [0.15, 0.2) is 60.7 Å². The van der Waals surface area contributed by atoms with E-state index in [1.165, 1.54) is 0 Å². The van der Waals surface area contributed by atoms with Crippen LogP contribution in [-0.4, -0.2) is 77.3 Å². The van der Waals surface area contributed by atoms with Crippen LogP contribution in [0.3, 0.4) is 0 Å². The average Bonchev–Trinajstić information content (AvgIpc) is 3.52. The Morgan fingerprint density at radius 2 is 1.39 bits per heavy atom. The molecular weight excluding hydrogens is 622 g/mol. The molecule has 0 bridgehead atoms. The number of carbonyl (C=O) groups excluding carboxylic acids is 5. The van der Waals surface area contributed by atoms with E-state index in [4.69, 9.17) is 4.74 Å². The summed E-state index contributed by atoms with van der Waals surface area (Å²) in [6.45, 7) is 14.1. The Kier molecular flexibility index (Phi) is 14.4. The Bertz CT molecular complexity index is 1390. The molecule has 11 heteroatoms. The van der Waals surface area contributed by atoms with Crippen molar-refractivity contribution in [2.24, 2.45) is 11.8 Å². The first-order chi connectivity index (χ1) is 23.1. The van der Waals surface area contributed by atoms with Gasteiger partial charge in [-0.05, 0) is 69.5 Å². The third-order valence-corrected chi connectivity index (χ3v) is 8.65. The predicted octanol–water partition coefficient (Wildman–Crippen LogP) is 4.14. The number of nitrogens with zero attached hydrogens (tertiary/aromatic N) is 1.